The first-order valence-electron chi connectivity index (χ1n) is 6.15. The Kier molecular flexibility index (Phi) is 4.50. The molecule has 2 rings (SSSR count). The van der Waals surface area contributed by atoms with E-state index in [1.807, 2.05) is 13.8 Å². The first-order chi connectivity index (χ1) is 9.04. The Morgan fingerprint density at radius 2 is 1.95 bits per heavy atom. The largest absolute Gasteiger partial charge is 0.380 e. The quantitative estimate of drug-likeness (QED) is 0.901. The molecule has 0 unspecified atom stereocenters. The molecule has 0 amide bonds. The summed E-state index contributed by atoms with van der Waals surface area (Å²) in [6.45, 7) is 4.94. The van der Waals surface area contributed by atoms with E-state index in [-0.39, 0.29) is 12.4 Å². The minimum absolute atomic E-state index is 0.287. The highest BCUT2D eigenvalue weighted by Crippen LogP contribution is 2.35. The van der Waals surface area contributed by atoms with E-state index in [1.54, 1.807) is 7.11 Å². The topological polar surface area (TPSA) is 21.3 Å². The fraction of sp³-hybridized carbons (Fsp3) is 0.429. The highest BCUT2D eigenvalue weighted by Gasteiger charge is 2.18. The predicted octanol–water partition coefficient (Wildman–Crippen LogP) is 3.82. The van der Waals surface area contributed by atoms with Gasteiger partial charge in [-0.3, -0.25) is 0 Å². The van der Waals surface area contributed by atoms with E-state index in [2.05, 4.69) is 5.32 Å². The van der Waals surface area contributed by atoms with Gasteiger partial charge in [-0.05, 0) is 12.1 Å². The van der Waals surface area contributed by atoms with Crippen LogP contribution in [0.2, 0.25) is 0 Å². The molecular formula is C14H17F2NOS. The van der Waals surface area contributed by atoms with Crippen LogP contribution in [-0.2, 0) is 17.9 Å². The Labute approximate surface area is 115 Å². The molecule has 0 saturated carbocycles. The van der Waals surface area contributed by atoms with Gasteiger partial charge in [0.25, 0.3) is 0 Å². The van der Waals surface area contributed by atoms with Crippen LogP contribution >= 0.6 is 11.3 Å². The third kappa shape index (κ3) is 2.94. The zero-order chi connectivity index (χ0) is 14.0. The monoisotopic (exact) mass is 285 g/mol. The summed E-state index contributed by atoms with van der Waals surface area (Å²) in [6.07, 6.45) is 0. The molecule has 19 heavy (non-hydrogen) atoms. The van der Waals surface area contributed by atoms with Crippen LogP contribution < -0.4 is 5.32 Å². The SMILES string of the molecule is COCc1c(CNC(C)C)sc2c(F)ccc(F)c12. The Morgan fingerprint density at radius 3 is 2.58 bits per heavy atom. The van der Waals surface area contributed by atoms with Crippen LogP contribution in [-0.4, -0.2) is 13.2 Å². The third-order valence-corrected chi connectivity index (χ3v) is 4.12. The Bertz CT molecular complexity index is 580. The number of rotatable bonds is 5. The highest BCUT2D eigenvalue weighted by atomic mass is 32.1. The van der Waals surface area contributed by atoms with Gasteiger partial charge in [0.15, 0.2) is 0 Å². The summed E-state index contributed by atoms with van der Waals surface area (Å²) < 4.78 is 33.2. The molecule has 104 valence electrons. The molecule has 1 aromatic carbocycles. The van der Waals surface area contributed by atoms with Crippen molar-refractivity contribution in [2.24, 2.45) is 0 Å². The summed E-state index contributed by atoms with van der Waals surface area (Å²) in [5, 5.41) is 3.62. The van der Waals surface area contributed by atoms with Crippen LogP contribution in [0.15, 0.2) is 12.1 Å². The molecule has 0 aliphatic rings. The molecular weight excluding hydrogens is 268 g/mol. The van der Waals surface area contributed by atoms with Gasteiger partial charge >= 0.3 is 0 Å². The minimum Gasteiger partial charge on any atom is -0.380 e. The standard InChI is InChI=1S/C14H17F2NOS/c1-8(2)17-6-12-9(7-18-3)13-10(15)4-5-11(16)14(13)19-12/h4-5,8,17H,6-7H2,1-3H3. The molecule has 0 aliphatic heterocycles. The summed E-state index contributed by atoms with van der Waals surface area (Å²) in [4.78, 5) is 0.926. The van der Waals surface area contributed by atoms with Crippen molar-refractivity contribution in [3.8, 4) is 0 Å². The molecule has 1 heterocycles. The zero-order valence-electron chi connectivity index (χ0n) is 11.2. The molecule has 0 spiro atoms. The Balaban J connectivity index is 2.53. The average molecular weight is 285 g/mol. The smallest absolute Gasteiger partial charge is 0.141 e. The molecule has 1 aromatic heterocycles. The average Bonchev–Trinajstić information content (AvgIpc) is 2.72. The van der Waals surface area contributed by atoms with Gasteiger partial charge in [0.2, 0.25) is 0 Å². The normalized spacial score (nSPS) is 11.7. The van der Waals surface area contributed by atoms with Crippen LogP contribution in [0.1, 0.15) is 24.3 Å². The van der Waals surface area contributed by atoms with E-state index >= 15 is 0 Å². The Hall–Kier alpha value is -1.04. The molecule has 5 heteroatoms. The number of nitrogens with one attached hydrogen (secondary N) is 1. The first kappa shape index (κ1) is 14.4. The van der Waals surface area contributed by atoms with Gasteiger partial charge in [0.1, 0.15) is 11.6 Å². The van der Waals surface area contributed by atoms with Gasteiger partial charge in [-0.25, -0.2) is 8.78 Å². The number of hydrogen-bond acceptors (Lipinski definition) is 3. The predicted molar refractivity (Wildman–Crippen MR) is 74.4 cm³/mol. The van der Waals surface area contributed by atoms with E-state index in [0.717, 1.165) is 10.4 Å². The second-order valence-corrected chi connectivity index (χ2v) is 5.81. The van der Waals surface area contributed by atoms with Crippen molar-refractivity contribution in [2.45, 2.75) is 33.0 Å². The fourth-order valence-electron chi connectivity index (χ4n) is 1.98. The summed E-state index contributed by atoms with van der Waals surface area (Å²) in [5.74, 6) is -0.773. The fourth-order valence-corrected chi connectivity index (χ4v) is 3.15. The Morgan fingerprint density at radius 1 is 1.26 bits per heavy atom. The van der Waals surface area contributed by atoms with Crippen LogP contribution in [0, 0.1) is 11.6 Å². The van der Waals surface area contributed by atoms with Crippen molar-refractivity contribution in [1.29, 1.82) is 0 Å². The van der Waals surface area contributed by atoms with Gasteiger partial charge in [-0.15, -0.1) is 11.3 Å². The molecule has 0 radical (unpaired) electrons. The van der Waals surface area contributed by atoms with Crippen LogP contribution in [0.25, 0.3) is 10.1 Å². The maximum absolute atomic E-state index is 13.9. The summed E-state index contributed by atoms with van der Waals surface area (Å²) in [5.41, 5.74) is 0.743. The number of methoxy groups -OCH3 is 1. The number of hydrogen-bond donors (Lipinski definition) is 1. The number of halogens is 2. The summed E-state index contributed by atoms with van der Waals surface area (Å²) in [7, 11) is 1.56. The van der Waals surface area contributed by atoms with Gasteiger partial charge in [0.05, 0.1) is 11.3 Å². The van der Waals surface area contributed by atoms with Gasteiger partial charge in [-0.2, -0.15) is 0 Å². The molecule has 0 bridgehead atoms. The lowest BCUT2D eigenvalue weighted by Crippen LogP contribution is -2.21. The van der Waals surface area contributed by atoms with Crippen molar-refractivity contribution >= 4 is 21.4 Å². The first-order valence-corrected chi connectivity index (χ1v) is 6.96. The second-order valence-electron chi connectivity index (χ2n) is 4.71. The molecule has 1 N–H and O–H groups in total. The van der Waals surface area contributed by atoms with Crippen molar-refractivity contribution in [3.05, 3.63) is 34.2 Å². The molecule has 0 aliphatic carbocycles. The molecule has 2 aromatic rings. The zero-order valence-corrected chi connectivity index (χ0v) is 12.0. The van der Waals surface area contributed by atoms with Crippen molar-refractivity contribution in [1.82, 2.24) is 5.32 Å². The molecule has 0 atom stereocenters. The second kappa shape index (κ2) is 5.94. The van der Waals surface area contributed by atoms with E-state index < -0.39 is 5.82 Å². The van der Waals surface area contributed by atoms with Crippen LogP contribution in [0.3, 0.4) is 0 Å². The van der Waals surface area contributed by atoms with Gasteiger partial charge < -0.3 is 10.1 Å². The van der Waals surface area contributed by atoms with Crippen molar-refractivity contribution in [2.75, 3.05) is 7.11 Å². The summed E-state index contributed by atoms with van der Waals surface area (Å²) >= 11 is 1.29. The van der Waals surface area contributed by atoms with Crippen LogP contribution in [0.5, 0.6) is 0 Å². The number of benzene rings is 1. The number of fused-ring (bicyclic) bond motifs is 1. The van der Waals surface area contributed by atoms with E-state index in [1.165, 1.54) is 23.5 Å². The maximum atomic E-state index is 13.9. The van der Waals surface area contributed by atoms with E-state index in [4.69, 9.17) is 4.74 Å². The molecule has 0 saturated heterocycles. The lowest BCUT2D eigenvalue weighted by molar-refractivity contribution is 0.185. The van der Waals surface area contributed by atoms with Gasteiger partial charge in [-0.1, -0.05) is 13.8 Å². The number of ether oxygens (including phenoxy) is 1. The van der Waals surface area contributed by atoms with E-state index in [0.29, 0.717) is 22.7 Å². The lowest BCUT2D eigenvalue weighted by Gasteiger charge is -2.08. The maximum Gasteiger partial charge on any atom is 0.141 e. The van der Waals surface area contributed by atoms with Crippen LogP contribution in [0.4, 0.5) is 8.78 Å². The highest BCUT2D eigenvalue weighted by molar-refractivity contribution is 7.19. The minimum atomic E-state index is -0.393. The van der Waals surface area contributed by atoms with Gasteiger partial charge in [0, 0.05) is 35.5 Å². The third-order valence-electron chi connectivity index (χ3n) is 2.88. The van der Waals surface area contributed by atoms with Crippen molar-refractivity contribution < 1.29 is 13.5 Å². The van der Waals surface area contributed by atoms with E-state index in [9.17, 15) is 8.78 Å². The lowest BCUT2D eigenvalue weighted by atomic mass is 10.1. The van der Waals surface area contributed by atoms with Crippen molar-refractivity contribution in [3.63, 3.8) is 0 Å². The number of thiophene rings is 1. The molecule has 0 fully saturated rings. The molecule has 2 nitrogen and oxygen atoms in total. The summed E-state index contributed by atoms with van der Waals surface area (Å²) in [6, 6.07) is 2.66.